The van der Waals surface area contributed by atoms with Crippen LogP contribution in [-0.2, 0) is 19.1 Å². The number of amides is 1. The van der Waals surface area contributed by atoms with Gasteiger partial charge in [-0.25, -0.2) is 4.79 Å². The first kappa shape index (κ1) is 17.4. The lowest BCUT2D eigenvalue weighted by atomic mass is 10.1. The van der Waals surface area contributed by atoms with Crippen molar-refractivity contribution in [2.45, 2.75) is 57.9 Å². The molecule has 0 aromatic carbocycles. The van der Waals surface area contributed by atoms with Crippen LogP contribution in [0.1, 0.15) is 51.9 Å². The molecule has 0 spiro atoms. The Morgan fingerprint density at radius 2 is 1.84 bits per heavy atom. The van der Waals surface area contributed by atoms with E-state index in [0.717, 1.165) is 25.7 Å². The van der Waals surface area contributed by atoms with Crippen LogP contribution in [0.15, 0.2) is 0 Å². The topological polar surface area (TPSA) is 92.7 Å². The fraction of sp³-hybridized carbons (Fsp3) is 0.769. The SMILES string of the molecule is CCCCCCC(=O)NC(CCC(=O)OC)C(=O)O. The molecule has 1 amide bonds. The number of carboxylic acids is 1. The number of ether oxygens (including phenoxy) is 1. The highest BCUT2D eigenvalue weighted by atomic mass is 16.5. The Bertz CT molecular complexity index is 303. The lowest BCUT2D eigenvalue weighted by Crippen LogP contribution is -2.41. The number of methoxy groups -OCH3 is 1. The fourth-order valence-electron chi connectivity index (χ4n) is 1.60. The van der Waals surface area contributed by atoms with Crippen molar-refractivity contribution in [1.29, 1.82) is 0 Å². The minimum Gasteiger partial charge on any atom is -0.480 e. The Kier molecular flexibility index (Phi) is 9.48. The molecule has 0 bridgehead atoms. The van der Waals surface area contributed by atoms with Crippen molar-refractivity contribution >= 4 is 17.8 Å². The molecule has 0 rings (SSSR count). The molecule has 110 valence electrons. The number of hydrogen-bond acceptors (Lipinski definition) is 4. The lowest BCUT2D eigenvalue weighted by Gasteiger charge is -2.13. The summed E-state index contributed by atoms with van der Waals surface area (Å²) < 4.78 is 4.43. The first-order chi connectivity index (χ1) is 9.01. The Hall–Kier alpha value is -1.59. The van der Waals surface area contributed by atoms with E-state index in [1.54, 1.807) is 0 Å². The second-order valence-electron chi connectivity index (χ2n) is 4.38. The van der Waals surface area contributed by atoms with Crippen molar-refractivity contribution in [1.82, 2.24) is 5.32 Å². The van der Waals surface area contributed by atoms with Crippen LogP contribution in [0.3, 0.4) is 0 Å². The third kappa shape index (κ3) is 9.04. The van der Waals surface area contributed by atoms with Crippen LogP contribution < -0.4 is 5.32 Å². The Morgan fingerprint density at radius 1 is 1.16 bits per heavy atom. The van der Waals surface area contributed by atoms with E-state index >= 15 is 0 Å². The summed E-state index contributed by atoms with van der Waals surface area (Å²) in [6.07, 6.45) is 4.21. The number of carboxylic acid groups (broad SMARTS) is 1. The number of esters is 1. The first-order valence-corrected chi connectivity index (χ1v) is 6.60. The normalized spacial score (nSPS) is 11.7. The predicted octanol–water partition coefficient (Wildman–Crippen LogP) is 1.48. The summed E-state index contributed by atoms with van der Waals surface area (Å²) >= 11 is 0. The molecule has 1 unspecified atom stereocenters. The molecule has 0 aliphatic carbocycles. The van der Waals surface area contributed by atoms with Gasteiger partial charge in [-0.1, -0.05) is 26.2 Å². The van der Waals surface area contributed by atoms with Crippen molar-refractivity contribution in [3.05, 3.63) is 0 Å². The van der Waals surface area contributed by atoms with E-state index in [4.69, 9.17) is 5.11 Å². The zero-order chi connectivity index (χ0) is 14.7. The molecular formula is C13H23NO5. The van der Waals surface area contributed by atoms with Gasteiger partial charge < -0.3 is 15.2 Å². The van der Waals surface area contributed by atoms with Crippen molar-refractivity contribution in [3.63, 3.8) is 0 Å². The Balaban J connectivity index is 4.01. The highest BCUT2D eigenvalue weighted by Gasteiger charge is 2.20. The van der Waals surface area contributed by atoms with E-state index in [-0.39, 0.29) is 18.7 Å². The average Bonchev–Trinajstić information content (AvgIpc) is 2.38. The zero-order valence-electron chi connectivity index (χ0n) is 11.6. The van der Waals surface area contributed by atoms with Crippen LogP contribution in [0.25, 0.3) is 0 Å². The summed E-state index contributed by atoms with van der Waals surface area (Å²) in [6, 6.07) is -1.03. The van der Waals surface area contributed by atoms with Crippen LogP contribution in [0, 0.1) is 0 Å². The molecule has 0 heterocycles. The lowest BCUT2D eigenvalue weighted by molar-refractivity contribution is -0.144. The first-order valence-electron chi connectivity index (χ1n) is 6.60. The number of hydrogen-bond donors (Lipinski definition) is 2. The van der Waals surface area contributed by atoms with E-state index in [1.807, 2.05) is 0 Å². The summed E-state index contributed by atoms with van der Waals surface area (Å²) in [6.45, 7) is 2.08. The van der Waals surface area contributed by atoms with E-state index < -0.39 is 18.0 Å². The van der Waals surface area contributed by atoms with Gasteiger partial charge in [0.2, 0.25) is 5.91 Å². The summed E-state index contributed by atoms with van der Waals surface area (Å²) in [4.78, 5) is 33.4. The smallest absolute Gasteiger partial charge is 0.326 e. The standard InChI is InChI=1S/C13H23NO5/c1-3-4-5-6-7-11(15)14-10(13(17)18)8-9-12(16)19-2/h10H,3-9H2,1-2H3,(H,14,15)(H,17,18). The quantitative estimate of drug-likeness (QED) is 0.464. The Morgan fingerprint density at radius 3 is 2.37 bits per heavy atom. The molecule has 0 fully saturated rings. The number of carbonyl (C=O) groups is 3. The molecule has 6 nitrogen and oxygen atoms in total. The molecule has 0 saturated heterocycles. The molecule has 0 radical (unpaired) electrons. The molecule has 0 aromatic heterocycles. The maximum atomic E-state index is 11.5. The number of aliphatic carboxylic acids is 1. The van der Waals surface area contributed by atoms with Gasteiger partial charge in [0.25, 0.3) is 0 Å². The summed E-state index contributed by atoms with van der Waals surface area (Å²) in [5, 5.41) is 11.4. The molecule has 0 aliphatic rings. The van der Waals surface area contributed by atoms with Gasteiger partial charge in [-0.15, -0.1) is 0 Å². The molecule has 6 heteroatoms. The zero-order valence-corrected chi connectivity index (χ0v) is 11.6. The van der Waals surface area contributed by atoms with Crippen molar-refractivity contribution in [3.8, 4) is 0 Å². The van der Waals surface area contributed by atoms with Gasteiger partial charge in [0, 0.05) is 12.8 Å². The third-order valence-corrected chi connectivity index (χ3v) is 2.76. The number of rotatable bonds is 10. The fourth-order valence-corrected chi connectivity index (χ4v) is 1.60. The second kappa shape index (κ2) is 10.3. The molecular weight excluding hydrogens is 250 g/mol. The van der Waals surface area contributed by atoms with Gasteiger partial charge in [-0.2, -0.15) is 0 Å². The maximum absolute atomic E-state index is 11.5. The van der Waals surface area contributed by atoms with Crippen molar-refractivity contribution < 1.29 is 24.2 Å². The van der Waals surface area contributed by atoms with Gasteiger partial charge in [0.1, 0.15) is 6.04 Å². The molecule has 19 heavy (non-hydrogen) atoms. The van der Waals surface area contributed by atoms with E-state index in [0.29, 0.717) is 6.42 Å². The molecule has 2 N–H and O–H groups in total. The van der Waals surface area contributed by atoms with Crippen LogP contribution in [0.2, 0.25) is 0 Å². The van der Waals surface area contributed by atoms with Crippen LogP contribution in [0.5, 0.6) is 0 Å². The van der Waals surface area contributed by atoms with Crippen LogP contribution >= 0.6 is 0 Å². The highest BCUT2D eigenvalue weighted by molar-refractivity contribution is 5.83. The monoisotopic (exact) mass is 273 g/mol. The largest absolute Gasteiger partial charge is 0.480 e. The number of nitrogens with one attached hydrogen (secondary N) is 1. The van der Waals surface area contributed by atoms with Gasteiger partial charge in [-0.05, 0) is 12.8 Å². The number of unbranched alkanes of at least 4 members (excludes halogenated alkanes) is 3. The van der Waals surface area contributed by atoms with Crippen molar-refractivity contribution in [2.24, 2.45) is 0 Å². The molecule has 0 saturated carbocycles. The molecule has 0 aliphatic heterocycles. The van der Waals surface area contributed by atoms with Gasteiger partial charge in [0.05, 0.1) is 7.11 Å². The van der Waals surface area contributed by atoms with Crippen LogP contribution in [-0.4, -0.2) is 36.1 Å². The number of carbonyl (C=O) groups excluding carboxylic acids is 2. The predicted molar refractivity (Wildman–Crippen MR) is 69.6 cm³/mol. The van der Waals surface area contributed by atoms with Gasteiger partial charge in [0.15, 0.2) is 0 Å². The molecule has 1 atom stereocenters. The summed E-state index contributed by atoms with van der Waals surface area (Å²) in [5.74, 6) is -1.90. The van der Waals surface area contributed by atoms with E-state index in [1.165, 1.54) is 7.11 Å². The second-order valence-corrected chi connectivity index (χ2v) is 4.38. The minimum absolute atomic E-state index is 0.0242. The van der Waals surface area contributed by atoms with E-state index in [9.17, 15) is 14.4 Å². The summed E-state index contributed by atoms with van der Waals surface area (Å²) in [7, 11) is 1.24. The molecule has 0 aromatic rings. The summed E-state index contributed by atoms with van der Waals surface area (Å²) in [5.41, 5.74) is 0. The van der Waals surface area contributed by atoms with Gasteiger partial charge >= 0.3 is 11.9 Å². The van der Waals surface area contributed by atoms with Crippen LogP contribution in [0.4, 0.5) is 0 Å². The highest BCUT2D eigenvalue weighted by Crippen LogP contribution is 2.04. The van der Waals surface area contributed by atoms with Gasteiger partial charge in [-0.3, -0.25) is 9.59 Å². The third-order valence-electron chi connectivity index (χ3n) is 2.76. The van der Waals surface area contributed by atoms with Crippen molar-refractivity contribution in [2.75, 3.05) is 7.11 Å². The average molecular weight is 273 g/mol. The Labute approximate surface area is 113 Å². The van der Waals surface area contributed by atoms with E-state index in [2.05, 4.69) is 17.0 Å². The maximum Gasteiger partial charge on any atom is 0.326 e. The minimum atomic E-state index is -1.13.